The molecule has 1 saturated heterocycles. The summed E-state index contributed by atoms with van der Waals surface area (Å²) in [5, 5.41) is 6.80. The Balaban J connectivity index is 2.14. The van der Waals surface area contributed by atoms with E-state index in [0.29, 0.717) is 17.9 Å². The molecule has 1 aromatic rings. The molecule has 1 amide bonds. The maximum atomic E-state index is 13.0. The van der Waals surface area contributed by atoms with Gasteiger partial charge in [0.2, 0.25) is 0 Å². The van der Waals surface area contributed by atoms with Crippen molar-refractivity contribution < 1.29 is 4.79 Å². The number of hydrogen-bond donors (Lipinski definition) is 2. The van der Waals surface area contributed by atoms with Gasteiger partial charge in [0.15, 0.2) is 0 Å². The van der Waals surface area contributed by atoms with Gasteiger partial charge in [-0.2, -0.15) is 0 Å². The van der Waals surface area contributed by atoms with E-state index >= 15 is 0 Å². The van der Waals surface area contributed by atoms with E-state index in [-0.39, 0.29) is 5.91 Å². The van der Waals surface area contributed by atoms with Crippen LogP contribution in [0, 0.1) is 18.8 Å². The van der Waals surface area contributed by atoms with Crippen molar-refractivity contribution in [2.75, 3.05) is 32.0 Å². The van der Waals surface area contributed by atoms with Crippen molar-refractivity contribution in [2.45, 2.75) is 46.6 Å². The molecule has 1 fully saturated rings. The molecule has 24 heavy (non-hydrogen) atoms. The Hall–Kier alpha value is -1.55. The number of likely N-dealkylation sites (tertiary alicyclic amines) is 1. The van der Waals surface area contributed by atoms with Gasteiger partial charge in [-0.3, -0.25) is 4.79 Å². The monoisotopic (exact) mass is 331 g/mol. The highest BCUT2D eigenvalue weighted by molar-refractivity contribution is 5.97. The van der Waals surface area contributed by atoms with Crippen LogP contribution in [0.3, 0.4) is 0 Å². The van der Waals surface area contributed by atoms with E-state index < -0.39 is 0 Å². The highest BCUT2D eigenvalue weighted by atomic mass is 16.2. The Morgan fingerprint density at radius 2 is 2.08 bits per heavy atom. The van der Waals surface area contributed by atoms with Crippen molar-refractivity contribution in [3.8, 4) is 0 Å². The third-order valence-electron chi connectivity index (χ3n) is 5.25. The first kappa shape index (κ1) is 18.8. The van der Waals surface area contributed by atoms with Gasteiger partial charge in [-0.15, -0.1) is 0 Å². The number of hydrogen-bond acceptors (Lipinski definition) is 3. The minimum Gasteiger partial charge on any atom is -0.382 e. The van der Waals surface area contributed by atoms with Crippen LogP contribution in [0.25, 0.3) is 0 Å². The highest BCUT2D eigenvalue weighted by Gasteiger charge is 2.25. The Kier molecular flexibility index (Phi) is 6.67. The van der Waals surface area contributed by atoms with Crippen LogP contribution in [-0.4, -0.2) is 43.5 Å². The minimum atomic E-state index is 0.175. The quantitative estimate of drug-likeness (QED) is 0.838. The molecule has 0 radical (unpaired) electrons. The average molecular weight is 332 g/mol. The molecular formula is C20H33N3O. The molecule has 2 atom stereocenters. The van der Waals surface area contributed by atoms with E-state index in [4.69, 9.17) is 0 Å². The summed E-state index contributed by atoms with van der Waals surface area (Å²) < 4.78 is 0. The number of anilines is 1. The first-order valence-electron chi connectivity index (χ1n) is 9.24. The van der Waals surface area contributed by atoms with E-state index in [9.17, 15) is 4.79 Å². The van der Waals surface area contributed by atoms with Gasteiger partial charge in [0.05, 0.1) is 0 Å². The molecule has 4 heteroatoms. The average Bonchev–Trinajstić information content (AvgIpc) is 2.56. The second kappa shape index (κ2) is 8.52. The zero-order valence-electron chi connectivity index (χ0n) is 15.9. The van der Waals surface area contributed by atoms with Crippen molar-refractivity contribution in [1.29, 1.82) is 0 Å². The number of amides is 1. The summed E-state index contributed by atoms with van der Waals surface area (Å²) in [7, 11) is 1.98. The molecule has 134 valence electrons. The number of carbonyl (C=O) groups excluding carboxylic acids is 1. The number of nitrogens with zero attached hydrogens (tertiary/aromatic N) is 1. The lowest BCUT2D eigenvalue weighted by Gasteiger charge is -2.33. The summed E-state index contributed by atoms with van der Waals surface area (Å²) in [6.45, 7) is 11.4. The molecule has 2 unspecified atom stereocenters. The lowest BCUT2D eigenvalue weighted by atomic mass is 9.96. The largest absolute Gasteiger partial charge is 0.382 e. The number of nitrogens with one attached hydrogen (secondary N) is 2. The summed E-state index contributed by atoms with van der Waals surface area (Å²) >= 11 is 0. The summed E-state index contributed by atoms with van der Waals surface area (Å²) in [6, 6.07) is 6.41. The van der Waals surface area contributed by atoms with Gasteiger partial charge in [0.1, 0.15) is 0 Å². The molecule has 1 heterocycles. The second-order valence-corrected chi connectivity index (χ2v) is 7.47. The predicted octanol–water partition coefficient (Wildman–Crippen LogP) is 3.52. The van der Waals surface area contributed by atoms with Crippen LogP contribution in [0.2, 0.25) is 0 Å². The maximum absolute atomic E-state index is 13.0. The van der Waals surface area contributed by atoms with Gasteiger partial charge in [0.25, 0.3) is 5.91 Å². The Bertz CT molecular complexity index is 554. The van der Waals surface area contributed by atoms with Crippen molar-refractivity contribution in [2.24, 2.45) is 11.8 Å². The number of rotatable bonds is 6. The zero-order valence-corrected chi connectivity index (χ0v) is 15.9. The first-order chi connectivity index (χ1) is 11.4. The molecule has 0 bridgehead atoms. The van der Waals surface area contributed by atoms with E-state index in [1.54, 1.807) is 0 Å². The van der Waals surface area contributed by atoms with Gasteiger partial charge in [-0.1, -0.05) is 19.9 Å². The summed E-state index contributed by atoms with van der Waals surface area (Å²) in [5.74, 6) is 1.29. The van der Waals surface area contributed by atoms with E-state index in [1.165, 1.54) is 6.42 Å². The van der Waals surface area contributed by atoms with Gasteiger partial charge in [0, 0.05) is 30.4 Å². The number of piperidine rings is 1. The van der Waals surface area contributed by atoms with Gasteiger partial charge < -0.3 is 15.5 Å². The van der Waals surface area contributed by atoms with Gasteiger partial charge in [-0.25, -0.2) is 0 Å². The Morgan fingerprint density at radius 1 is 1.33 bits per heavy atom. The standard InChI is InChI=1S/C20H33N3O/c1-14(2)16(4)22-19-10-6-9-18(15(19)3)20(24)23-11-7-8-17(13-23)12-21-5/h6,9-10,14,16-17,21-22H,7-8,11-13H2,1-5H3. The third-order valence-corrected chi connectivity index (χ3v) is 5.25. The molecule has 1 aliphatic heterocycles. The fourth-order valence-corrected chi connectivity index (χ4v) is 3.31. The fourth-order valence-electron chi connectivity index (χ4n) is 3.31. The van der Waals surface area contributed by atoms with E-state index in [2.05, 4.69) is 44.4 Å². The Labute approximate surface area is 147 Å². The molecule has 0 spiro atoms. The molecule has 0 aromatic heterocycles. The van der Waals surface area contributed by atoms with Crippen LogP contribution >= 0.6 is 0 Å². The van der Waals surface area contributed by atoms with Crippen LogP contribution < -0.4 is 10.6 Å². The zero-order chi connectivity index (χ0) is 17.7. The molecule has 0 saturated carbocycles. The van der Waals surface area contributed by atoms with E-state index in [0.717, 1.165) is 42.9 Å². The number of carbonyl (C=O) groups is 1. The smallest absolute Gasteiger partial charge is 0.254 e. The van der Waals surface area contributed by atoms with Crippen LogP contribution in [0.4, 0.5) is 5.69 Å². The van der Waals surface area contributed by atoms with E-state index in [1.807, 2.05) is 24.1 Å². The first-order valence-corrected chi connectivity index (χ1v) is 9.24. The lowest BCUT2D eigenvalue weighted by molar-refractivity contribution is 0.0673. The van der Waals surface area contributed by atoms with Gasteiger partial charge >= 0.3 is 0 Å². The number of benzene rings is 1. The summed E-state index contributed by atoms with van der Waals surface area (Å²) in [4.78, 5) is 15.1. The Morgan fingerprint density at radius 3 is 2.75 bits per heavy atom. The molecule has 1 aliphatic rings. The van der Waals surface area contributed by atoms with Crippen molar-refractivity contribution >= 4 is 11.6 Å². The normalized spacial score (nSPS) is 19.4. The fraction of sp³-hybridized carbons (Fsp3) is 0.650. The van der Waals surface area contributed by atoms with Crippen LogP contribution in [-0.2, 0) is 0 Å². The van der Waals surface area contributed by atoms with Crippen LogP contribution in [0.5, 0.6) is 0 Å². The highest BCUT2D eigenvalue weighted by Crippen LogP contribution is 2.24. The molecule has 2 N–H and O–H groups in total. The molecule has 0 aliphatic carbocycles. The van der Waals surface area contributed by atoms with Crippen molar-refractivity contribution in [1.82, 2.24) is 10.2 Å². The molecule has 2 rings (SSSR count). The van der Waals surface area contributed by atoms with Gasteiger partial charge in [-0.05, 0) is 69.8 Å². The summed E-state index contributed by atoms with van der Waals surface area (Å²) in [6.07, 6.45) is 2.30. The predicted molar refractivity (Wildman–Crippen MR) is 102 cm³/mol. The van der Waals surface area contributed by atoms with Crippen molar-refractivity contribution in [3.63, 3.8) is 0 Å². The second-order valence-electron chi connectivity index (χ2n) is 7.47. The van der Waals surface area contributed by atoms with Crippen LogP contribution in [0.1, 0.15) is 49.5 Å². The molecule has 1 aromatic carbocycles. The maximum Gasteiger partial charge on any atom is 0.254 e. The topological polar surface area (TPSA) is 44.4 Å². The SMILES string of the molecule is CNCC1CCCN(C(=O)c2cccc(NC(C)C(C)C)c2C)C1. The lowest BCUT2D eigenvalue weighted by Crippen LogP contribution is -2.42. The molecular weight excluding hydrogens is 298 g/mol. The van der Waals surface area contributed by atoms with Crippen molar-refractivity contribution in [3.05, 3.63) is 29.3 Å². The molecule has 4 nitrogen and oxygen atoms in total. The third kappa shape index (κ3) is 4.50. The minimum absolute atomic E-state index is 0.175. The summed E-state index contributed by atoms with van der Waals surface area (Å²) in [5.41, 5.74) is 2.97. The van der Waals surface area contributed by atoms with Crippen LogP contribution in [0.15, 0.2) is 18.2 Å².